The lowest BCUT2D eigenvalue weighted by Gasteiger charge is -2.21. The molecule has 0 spiro atoms. The number of carbonyl (C=O) groups is 1. The molecule has 1 heterocycles. The predicted molar refractivity (Wildman–Crippen MR) is 163 cm³/mol. The van der Waals surface area contributed by atoms with Crippen molar-refractivity contribution in [3.05, 3.63) is 70.6 Å². The molecule has 0 amide bonds. The molecule has 0 aliphatic carbocycles. The van der Waals surface area contributed by atoms with Gasteiger partial charge in [0.2, 0.25) is 0 Å². The number of hydrogen-bond donors (Lipinski definition) is 4. The van der Waals surface area contributed by atoms with Crippen LogP contribution in [0, 0.1) is 0 Å². The fourth-order valence-electron chi connectivity index (χ4n) is 3.30. The highest BCUT2D eigenvalue weighted by Crippen LogP contribution is 2.37. The molecule has 39 heavy (non-hydrogen) atoms. The molecule has 0 saturated carbocycles. The number of rotatable bonds is 7. The number of quaternary nitrogens is 1. The Morgan fingerprint density at radius 1 is 1.13 bits per heavy atom. The minimum absolute atomic E-state index is 0.0513. The van der Waals surface area contributed by atoms with Gasteiger partial charge in [-0.1, -0.05) is 56.9 Å². The summed E-state index contributed by atoms with van der Waals surface area (Å²) in [7, 11) is 6.16. The van der Waals surface area contributed by atoms with Crippen LogP contribution in [0.3, 0.4) is 0 Å². The van der Waals surface area contributed by atoms with Crippen LogP contribution in [0.2, 0.25) is 0 Å². The van der Waals surface area contributed by atoms with E-state index in [1.54, 1.807) is 24.4 Å². The maximum absolute atomic E-state index is 12.9. The Hall–Kier alpha value is -3.31. The summed E-state index contributed by atoms with van der Waals surface area (Å²) >= 11 is 6.60. The summed E-state index contributed by atoms with van der Waals surface area (Å²) in [4.78, 5) is 11.7. The van der Waals surface area contributed by atoms with Gasteiger partial charge in [-0.3, -0.25) is 5.43 Å². The van der Waals surface area contributed by atoms with Crippen LogP contribution in [0.5, 0.6) is 5.75 Å². The number of aliphatic hydroxyl groups is 1. The van der Waals surface area contributed by atoms with Crippen LogP contribution >= 0.6 is 23.6 Å². The fourth-order valence-corrected chi connectivity index (χ4v) is 4.47. The monoisotopic (exact) mass is 570 g/mol. The summed E-state index contributed by atoms with van der Waals surface area (Å²) in [6, 6.07) is 14.3. The molecule has 0 aliphatic heterocycles. The zero-order valence-electron chi connectivity index (χ0n) is 23.5. The van der Waals surface area contributed by atoms with E-state index in [4.69, 9.17) is 22.4 Å². The Morgan fingerprint density at radius 2 is 1.77 bits per heavy atom. The average molecular weight is 571 g/mol. The second-order valence-electron chi connectivity index (χ2n) is 11.0. The Morgan fingerprint density at radius 3 is 2.28 bits per heavy atom. The van der Waals surface area contributed by atoms with Gasteiger partial charge in [-0.25, -0.2) is 4.79 Å². The number of benzene rings is 2. The summed E-state index contributed by atoms with van der Waals surface area (Å²) in [5, 5.41) is 39.5. The molecule has 0 aliphatic rings. The molecule has 1 aromatic heterocycles. The molecule has 0 saturated heterocycles. The van der Waals surface area contributed by atoms with E-state index >= 15 is 0 Å². The molecule has 8 nitrogen and oxygen atoms in total. The Balaban J connectivity index is 0.000000673. The number of thiocarbonyl (C=S) groups is 1. The summed E-state index contributed by atoms with van der Waals surface area (Å²) in [6.45, 7) is 9.30. The quantitative estimate of drug-likeness (QED) is 0.138. The lowest BCUT2D eigenvalue weighted by molar-refractivity contribution is -0.870. The third-order valence-electron chi connectivity index (χ3n) is 5.61. The Labute approximate surface area is 240 Å². The topological polar surface area (TPSA) is 117 Å². The van der Waals surface area contributed by atoms with Gasteiger partial charge in [0.15, 0.2) is 5.11 Å². The van der Waals surface area contributed by atoms with E-state index in [0.29, 0.717) is 21.8 Å². The van der Waals surface area contributed by atoms with E-state index in [1.165, 1.54) is 29.0 Å². The van der Waals surface area contributed by atoms with Crippen molar-refractivity contribution >= 4 is 46.0 Å². The lowest BCUT2D eigenvalue weighted by Crippen LogP contribution is -2.36. The predicted octanol–water partition coefficient (Wildman–Crippen LogP) is 4.88. The van der Waals surface area contributed by atoms with Crippen LogP contribution in [-0.2, 0) is 5.41 Å². The van der Waals surface area contributed by atoms with Gasteiger partial charge in [-0.2, -0.15) is 5.10 Å². The molecule has 2 aromatic carbocycles. The van der Waals surface area contributed by atoms with E-state index in [9.17, 15) is 9.90 Å². The van der Waals surface area contributed by atoms with E-state index in [2.05, 4.69) is 69.9 Å². The highest BCUT2D eigenvalue weighted by Gasteiger charge is 2.14. The zero-order chi connectivity index (χ0) is 29.4. The Bertz CT molecular complexity index is 1300. The summed E-state index contributed by atoms with van der Waals surface area (Å²) in [5.74, 6) is -1.10. The smallest absolute Gasteiger partial charge is 0.335 e. The standard InChI is InChI=1S/C24H25N3O3S2.C5H14NO/c1-14(26-27-23(31)25-18-7-5-6-16(12-18)22(29)30)19-13-32-21(20(19)28)15-8-10-17(11-9-15)24(2,3)4;1-6(2,3)4-5-7/h5-13,28H,1-4H3,(H,29,30)(H2,25,27,31);7H,4-5H2,1-3H3/q;+1/p-1/b26-14-;. The van der Waals surface area contributed by atoms with Crippen molar-refractivity contribution < 1.29 is 24.6 Å². The van der Waals surface area contributed by atoms with E-state index in [0.717, 1.165) is 16.6 Å². The first kappa shape index (κ1) is 31.9. The maximum Gasteiger partial charge on any atom is 0.335 e. The minimum atomic E-state index is -1.02. The SMILES string of the molecule is C/C(=N/NC(=S)Nc1cccc(C(=O)O)c1)c1csc(-c2ccc(C(C)(C)C)cc2)c1[O-].C[N+](C)(C)CCO. The van der Waals surface area contributed by atoms with Crippen LogP contribution in [0.25, 0.3) is 10.4 Å². The largest absolute Gasteiger partial charge is 0.871 e. The van der Waals surface area contributed by atoms with Gasteiger partial charge in [0.1, 0.15) is 6.54 Å². The highest BCUT2D eigenvalue weighted by molar-refractivity contribution is 7.80. The number of hydrogen-bond acceptors (Lipinski definition) is 6. The third kappa shape index (κ3) is 10.1. The summed E-state index contributed by atoms with van der Waals surface area (Å²) in [5.41, 5.74) is 6.54. The van der Waals surface area contributed by atoms with Crippen LogP contribution in [-0.4, -0.2) is 65.8 Å². The van der Waals surface area contributed by atoms with Crippen LogP contribution in [0.15, 0.2) is 59.0 Å². The van der Waals surface area contributed by atoms with E-state index in [-0.39, 0.29) is 28.4 Å². The van der Waals surface area contributed by atoms with Crippen molar-refractivity contribution in [2.24, 2.45) is 5.10 Å². The number of aromatic carboxylic acids is 1. The van der Waals surface area contributed by atoms with Crippen LogP contribution in [0.1, 0.15) is 49.2 Å². The molecule has 0 radical (unpaired) electrons. The van der Waals surface area contributed by atoms with Crippen molar-refractivity contribution in [1.82, 2.24) is 5.43 Å². The van der Waals surface area contributed by atoms with Crippen molar-refractivity contribution in [2.75, 3.05) is 39.6 Å². The van der Waals surface area contributed by atoms with Gasteiger partial charge in [-0.05, 0) is 59.3 Å². The van der Waals surface area contributed by atoms with Gasteiger partial charge < -0.3 is 25.1 Å². The maximum atomic E-state index is 12.9. The van der Waals surface area contributed by atoms with Gasteiger partial charge in [0.25, 0.3) is 0 Å². The molecule has 4 N–H and O–H groups in total. The number of carboxylic acid groups (broad SMARTS) is 1. The third-order valence-corrected chi connectivity index (χ3v) is 6.82. The van der Waals surface area contributed by atoms with Gasteiger partial charge in [0, 0.05) is 16.1 Å². The first-order valence-electron chi connectivity index (χ1n) is 12.4. The summed E-state index contributed by atoms with van der Waals surface area (Å²) in [6.07, 6.45) is 0. The van der Waals surface area contributed by atoms with Crippen molar-refractivity contribution in [2.45, 2.75) is 33.1 Å². The van der Waals surface area contributed by atoms with Crippen LogP contribution < -0.4 is 15.8 Å². The van der Waals surface area contributed by atoms with Crippen molar-refractivity contribution in [1.29, 1.82) is 0 Å². The first-order chi connectivity index (χ1) is 18.1. The molecule has 3 aromatic rings. The number of aliphatic hydroxyl groups excluding tert-OH is 1. The fraction of sp³-hybridized carbons (Fsp3) is 0.345. The van der Waals surface area contributed by atoms with Gasteiger partial charge in [-0.15, -0.1) is 11.3 Å². The molecular weight excluding hydrogens is 532 g/mol. The highest BCUT2D eigenvalue weighted by atomic mass is 32.1. The number of carboxylic acids is 1. The number of nitrogens with zero attached hydrogens (tertiary/aromatic N) is 2. The van der Waals surface area contributed by atoms with Crippen molar-refractivity contribution in [3.8, 4) is 16.2 Å². The molecule has 10 heteroatoms. The Kier molecular flexibility index (Phi) is 11.2. The number of likely N-dealkylation sites (N-methyl/N-ethyl adjacent to an activating group) is 1. The molecular formula is C29H38N4O4S2. The summed E-state index contributed by atoms with van der Waals surface area (Å²) < 4.78 is 0.844. The molecule has 0 fully saturated rings. The molecule has 0 bridgehead atoms. The first-order valence-corrected chi connectivity index (χ1v) is 13.7. The molecule has 3 rings (SSSR count). The van der Waals surface area contributed by atoms with E-state index in [1.807, 2.05) is 12.1 Å². The minimum Gasteiger partial charge on any atom is -0.871 e. The second kappa shape index (κ2) is 13.7. The second-order valence-corrected chi connectivity index (χ2v) is 12.3. The number of nitrogens with one attached hydrogen (secondary N) is 2. The molecule has 0 atom stereocenters. The average Bonchev–Trinajstić information content (AvgIpc) is 3.23. The van der Waals surface area contributed by atoms with Gasteiger partial charge >= 0.3 is 5.97 Å². The van der Waals surface area contributed by atoms with Crippen molar-refractivity contribution in [3.63, 3.8) is 0 Å². The van der Waals surface area contributed by atoms with Gasteiger partial charge in [0.05, 0.1) is 39.0 Å². The molecule has 0 unspecified atom stereocenters. The normalized spacial score (nSPS) is 11.8. The number of thiophene rings is 1. The van der Waals surface area contributed by atoms with E-state index < -0.39 is 5.97 Å². The number of hydrazone groups is 1. The number of anilines is 1. The lowest BCUT2D eigenvalue weighted by atomic mass is 9.86. The zero-order valence-corrected chi connectivity index (χ0v) is 25.2. The van der Waals surface area contributed by atoms with Crippen LogP contribution in [0.4, 0.5) is 5.69 Å². The molecule has 210 valence electrons.